The van der Waals surface area contributed by atoms with Crippen LogP contribution < -0.4 is 10.6 Å². The third kappa shape index (κ3) is 4.64. The lowest BCUT2D eigenvalue weighted by Gasteiger charge is -2.11. The highest BCUT2D eigenvalue weighted by molar-refractivity contribution is 5.99. The van der Waals surface area contributed by atoms with Crippen LogP contribution in [0.5, 0.6) is 0 Å². The van der Waals surface area contributed by atoms with Crippen LogP contribution in [0.15, 0.2) is 28.8 Å². The highest BCUT2D eigenvalue weighted by Gasteiger charge is 2.23. The standard InChI is InChI=1S/C18H26N4O2/c1-5-10-19-11-12-20-15(23)13-8-6-7-9-14(13)16-21-17(22-24-16)18(2,3)4/h6-9,19H,5,10-12H2,1-4H3,(H,20,23). The summed E-state index contributed by atoms with van der Waals surface area (Å²) in [5, 5.41) is 10.2. The van der Waals surface area contributed by atoms with E-state index in [1.165, 1.54) is 0 Å². The normalized spacial score (nSPS) is 11.5. The Bertz CT molecular complexity index is 674. The lowest BCUT2D eigenvalue weighted by Crippen LogP contribution is -2.32. The second-order valence-electron chi connectivity index (χ2n) is 6.72. The Balaban J connectivity index is 2.12. The molecule has 0 saturated carbocycles. The van der Waals surface area contributed by atoms with E-state index in [-0.39, 0.29) is 11.3 Å². The molecule has 2 rings (SSSR count). The summed E-state index contributed by atoms with van der Waals surface area (Å²) in [6, 6.07) is 7.28. The highest BCUT2D eigenvalue weighted by atomic mass is 16.5. The number of nitrogens with zero attached hydrogens (tertiary/aromatic N) is 2. The van der Waals surface area contributed by atoms with Crippen molar-refractivity contribution in [3.63, 3.8) is 0 Å². The first kappa shape index (κ1) is 18.1. The molecule has 1 aromatic heterocycles. The molecule has 6 nitrogen and oxygen atoms in total. The summed E-state index contributed by atoms with van der Waals surface area (Å²) in [7, 11) is 0. The Morgan fingerprint density at radius 3 is 2.58 bits per heavy atom. The summed E-state index contributed by atoms with van der Waals surface area (Å²) >= 11 is 0. The molecular formula is C18H26N4O2. The first-order valence-corrected chi connectivity index (χ1v) is 8.36. The fraction of sp³-hybridized carbons (Fsp3) is 0.500. The number of amides is 1. The molecule has 0 fully saturated rings. The van der Waals surface area contributed by atoms with Gasteiger partial charge in [0, 0.05) is 18.5 Å². The van der Waals surface area contributed by atoms with E-state index < -0.39 is 0 Å². The van der Waals surface area contributed by atoms with E-state index in [1.807, 2.05) is 39.0 Å². The minimum absolute atomic E-state index is 0.139. The summed E-state index contributed by atoms with van der Waals surface area (Å²) in [6.45, 7) is 10.4. The third-order valence-electron chi connectivity index (χ3n) is 3.51. The zero-order valence-electron chi connectivity index (χ0n) is 14.8. The molecule has 0 aliphatic carbocycles. The van der Waals surface area contributed by atoms with Gasteiger partial charge in [-0.15, -0.1) is 0 Å². The first-order chi connectivity index (χ1) is 11.4. The minimum atomic E-state index is -0.204. The molecule has 2 N–H and O–H groups in total. The fourth-order valence-corrected chi connectivity index (χ4v) is 2.17. The smallest absolute Gasteiger partial charge is 0.258 e. The third-order valence-corrected chi connectivity index (χ3v) is 3.51. The molecule has 2 aromatic rings. The summed E-state index contributed by atoms with van der Waals surface area (Å²) in [6.07, 6.45) is 1.07. The largest absolute Gasteiger partial charge is 0.351 e. The molecule has 1 aromatic carbocycles. The van der Waals surface area contributed by atoms with Crippen LogP contribution in [0.4, 0.5) is 0 Å². The van der Waals surface area contributed by atoms with Gasteiger partial charge in [0.2, 0.25) is 0 Å². The molecule has 1 amide bonds. The van der Waals surface area contributed by atoms with Crippen LogP contribution in [0.3, 0.4) is 0 Å². The summed E-state index contributed by atoms with van der Waals surface area (Å²) in [4.78, 5) is 16.9. The monoisotopic (exact) mass is 330 g/mol. The Labute approximate surface area is 143 Å². The van der Waals surface area contributed by atoms with Gasteiger partial charge in [-0.3, -0.25) is 4.79 Å². The van der Waals surface area contributed by atoms with Crippen LogP contribution in [-0.4, -0.2) is 35.7 Å². The molecule has 130 valence electrons. The SMILES string of the molecule is CCCNCCNC(=O)c1ccccc1-c1nc(C(C)(C)C)no1. The summed E-state index contributed by atoms with van der Waals surface area (Å²) in [5.74, 6) is 0.852. The molecule has 0 saturated heterocycles. The molecule has 0 aliphatic rings. The Morgan fingerprint density at radius 2 is 1.92 bits per heavy atom. The van der Waals surface area contributed by atoms with Gasteiger partial charge < -0.3 is 15.2 Å². The van der Waals surface area contributed by atoms with Crippen molar-refractivity contribution in [1.29, 1.82) is 0 Å². The van der Waals surface area contributed by atoms with Crippen molar-refractivity contribution in [1.82, 2.24) is 20.8 Å². The van der Waals surface area contributed by atoms with Crippen LogP contribution in [0.2, 0.25) is 0 Å². The van der Waals surface area contributed by atoms with Crippen LogP contribution in [0.1, 0.15) is 50.3 Å². The van der Waals surface area contributed by atoms with Crippen molar-refractivity contribution < 1.29 is 9.32 Å². The van der Waals surface area contributed by atoms with Gasteiger partial charge in [0.25, 0.3) is 11.8 Å². The Morgan fingerprint density at radius 1 is 1.17 bits per heavy atom. The zero-order chi connectivity index (χ0) is 17.6. The number of hydrogen-bond acceptors (Lipinski definition) is 5. The summed E-state index contributed by atoms with van der Waals surface area (Å²) in [5.41, 5.74) is 0.987. The van der Waals surface area contributed by atoms with Gasteiger partial charge in [-0.05, 0) is 25.1 Å². The first-order valence-electron chi connectivity index (χ1n) is 8.36. The van der Waals surface area contributed by atoms with E-state index in [2.05, 4.69) is 27.7 Å². The van der Waals surface area contributed by atoms with Crippen LogP contribution in [-0.2, 0) is 5.41 Å². The lowest BCUT2D eigenvalue weighted by atomic mass is 9.96. The van der Waals surface area contributed by atoms with Crippen molar-refractivity contribution in [3.8, 4) is 11.5 Å². The number of hydrogen-bond donors (Lipinski definition) is 2. The van der Waals surface area contributed by atoms with Gasteiger partial charge in [0.15, 0.2) is 5.82 Å². The van der Waals surface area contributed by atoms with Gasteiger partial charge in [-0.25, -0.2) is 0 Å². The van der Waals surface area contributed by atoms with Crippen LogP contribution in [0.25, 0.3) is 11.5 Å². The number of carbonyl (C=O) groups is 1. The molecular weight excluding hydrogens is 304 g/mol. The fourth-order valence-electron chi connectivity index (χ4n) is 2.17. The quantitative estimate of drug-likeness (QED) is 0.763. The molecule has 6 heteroatoms. The molecule has 1 heterocycles. The van der Waals surface area contributed by atoms with Crippen molar-refractivity contribution in [2.24, 2.45) is 0 Å². The van der Waals surface area contributed by atoms with Crippen LogP contribution in [0, 0.1) is 0 Å². The average molecular weight is 330 g/mol. The van der Waals surface area contributed by atoms with E-state index in [0.717, 1.165) is 19.5 Å². The maximum atomic E-state index is 12.4. The number of benzene rings is 1. The van der Waals surface area contributed by atoms with E-state index in [4.69, 9.17) is 4.52 Å². The minimum Gasteiger partial charge on any atom is -0.351 e. The van der Waals surface area contributed by atoms with Gasteiger partial charge >= 0.3 is 0 Å². The second-order valence-corrected chi connectivity index (χ2v) is 6.72. The predicted molar refractivity (Wildman–Crippen MR) is 93.9 cm³/mol. The molecule has 24 heavy (non-hydrogen) atoms. The Kier molecular flexibility index (Phi) is 6.09. The van der Waals surface area contributed by atoms with E-state index in [9.17, 15) is 4.79 Å². The average Bonchev–Trinajstić information content (AvgIpc) is 3.04. The molecule has 0 bridgehead atoms. The lowest BCUT2D eigenvalue weighted by molar-refractivity contribution is 0.0954. The van der Waals surface area contributed by atoms with Crippen molar-refractivity contribution >= 4 is 5.91 Å². The van der Waals surface area contributed by atoms with Gasteiger partial charge in [0.05, 0.1) is 11.1 Å². The van der Waals surface area contributed by atoms with E-state index >= 15 is 0 Å². The highest BCUT2D eigenvalue weighted by Crippen LogP contribution is 2.25. The number of nitrogens with one attached hydrogen (secondary N) is 2. The molecule has 0 aliphatic heterocycles. The number of carbonyl (C=O) groups excluding carboxylic acids is 1. The molecule has 0 atom stereocenters. The van der Waals surface area contributed by atoms with Crippen molar-refractivity contribution in [2.75, 3.05) is 19.6 Å². The van der Waals surface area contributed by atoms with Crippen molar-refractivity contribution in [2.45, 2.75) is 39.5 Å². The summed E-state index contributed by atoms with van der Waals surface area (Å²) < 4.78 is 5.37. The van der Waals surface area contributed by atoms with E-state index in [1.54, 1.807) is 6.07 Å². The van der Waals surface area contributed by atoms with Gasteiger partial charge in [-0.2, -0.15) is 4.98 Å². The van der Waals surface area contributed by atoms with Crippen LogP contribution >= 0.6 is 0 Å². The Hall–Kier alpha value is -2.21. The second kappa shape index (κ2) is 8.06. The predicted octanol–water partition coefficient (Wildman–Crippen LogP) is 2.76. The molecule has 0 unspecified atom stereocenters. The molecule has 0 spiro atoms. The molecule has 0 radical (unpaired) electrons. The van der Waals surface area contributed by atoms with Gasteiger partial charge in [-0.1, -0.05) is 45.0 Å². The van der Waals surface area contributed by atoms with Crippen molar-refractivity contribution in [3.05, 3.63) is 35.7 Å². The maximum absolute atomic E-state index is 12.4. The topological polar surface area (TPSA) is 80.0 Å². The zero-order valence-corrected chi connectivity index (χ0v) is 14.8. The van der Waals surface area contributed by atoms with Gasteiger partial charge in [0.1, 0.15) is 0 Å². The number of aromatic nitrogens is 2. The maximum Gasteiger partial charge on any atom is 0.258 e. The number of rotatable bonds is 7. The van der Waals surface area contributed by atoms with E-state index in [0.29, 0.717) is 29.4 Å².